The van der Waals surface area contributed by atoms with Crippen LogP contribution in [0.3, 0.4) is 0 Å². The summed E-state index contributed by atoms with van der Waals surface area (Å²) in [6.07, 6.45) is 0.0954. The molecule has 3 rings (SSSR count). The van der Waals surface area contributed by atoms with Crippen molar-refractivity contribution < 1.29 is 5.11 Å². The van der Waals surface area contributed by atoms with Crippen molar-refractivity contribution in [2.75, 3.05) is 22.6 Å². The molecule has 0 fully saturated rings. The summed E-state index contributed by atoms with van der Waals surface area (Å²) in [7, 11) is 0. The number of rotatable bonds is 8. The van der Waals surface area contributed by atoms with Crippen LogP contribution in [0.25, 0.3) is 0 Å². The van der Waals surface area contributed by atoms with Gasteiger partial charge in [0.2, 0.25) is 5.95 Å². The van der Waals surface area contributed by atoms with E-state index in [0.717, 1.165) is 16.8 Å². The summed E-state index contributed by atoms with van der Waals surface area (Å²) in [6, 6.07) is 19.7. The molecule has 140 valence electrons. The Bertz CT molecular complexity index is 855. The zero-order chi connectivity index (χ0) is 19.1. The molecule has 1 heterocycles. The molecule has 0 aliphatic carbocycles. The van der Waals surface area contributed by atoms with Crippen molar-refractivity contribution in [1.82, 2.24) is 9.97 Å². The van der Waals surface area contributed by atoms with Gasteiger partial charge in [-0.1, -0.05) is 48.5 Å². The first-order valence-electron chi connectivity index (χ1n) is 8.81. The van der Waals surface area contributed by atoms with Crippen LogP contribution in [0.15, 0.2) is 60.7 Å². The molecule has 7 heteroatoms. The van der Waals surface area contributed by atoms with Gasteiger partial charge in [-0.3, -0.25) is 0 Å². The molecule has 0 bridgehead atoms. The van der Waals surface area contributed by atoms with E-state index in [0.29, 0.717) is 30.5 Å². The van der Waals surface area contributed by atoms with Gasteiger partial charge in [0.1, 0.15) is 5.82 Å². The predicted molar refractivity (Wildman–Crippen MR) is 109 cm³/mol. The normalized spacial score (nSPS) is 11.7. The number of aliphatic hydroxyl groups excluding tert-OH is 1. The Labute approximate surface area is 158 Å². The van der Waals surface area contributed by atoms with Gasteiger partial charge in [0.25, 0.3) is 0 Å². The first-order chi connectivity index (χ1) is 13.2. The highest BCUT2D eigenvalue weighted by Gasteiger charge is 2.15. The Morgan fingerprint density at radius 1 is 0.963 bits per heavy atom. The number of hydrazine groups is 1. The van der Waals surface area contributed by atoms with E-state index in [-0.39, 0.29) is 0 Å². The molecule has 0 aliphatic heterocycles. The summed E-state index contributed by atoms with van der Waals surface area (Å²) in [5, 5.41) is 16.0. The SMILES string of the molecule is CC(O)CNc1nc(Nc2ccccc2)nc(NN)c1Cc1ccccc1. The zero-order valence-corrected chi connectivity index (χ0v) is 15.2. The second-order valence-electron chi connectivity index (χ2n) is 6.25. The van der Waals surface area contributed by atoms with E-state index in [1.54, 1.807) is 6.92 Å². The summed E-state index contributed by atoms with van der Waals surface area (Å²) in [5.41, 5.74) is 5.50. The second-order valence-corrected chi connectivity index (χ2v) is 6.25. The van der Waals surface area contributed by atoms with E-state index < -0.39 is 6.10 Å². The van der Waals surface area contributed by atoms with Gasteiger partial charge in [-0.25, -0.2) is 5.84 Å². The van der Waals surface area contributed by atoms with Crippen molar-refractivity contribution in [3.05, 3.63) is 71.8 Å². The fourth-order valence-corrected chi connectivity index (χ4v) is 2.67. The lowest BCUT2D eigenvalue weighted by Crippen LogP contribution is -2.20. The van der Waals surface area contributed by atoms with E-state index in [1.807, 2.05) is 60.7 Å². The zero-order valence-electron chi connectivity index (χ0n) is 15.2. The average molecular weight is 364 g/mol. The number of hydrogen-bond acceptors (Lipinski definition) is 7. The monoisotopic (exact) mass is 364 g/mol. The van der Waals surface area contributed by atoms with Gasteiger partial charge in [0.15, 0.2) is 5.82 Å². The molecule has 0 saturated carbocycles. The molecular formula is C20H24N6O. The first-order valence-corrected chi connectivity index (χ1v) is 8.81. The van der Waals surface area contributed by atoms with E-state index >= 15 is 0 Å². The van der Waals surface area contributed by atoms with E-state index in [4.69, 9.17) is 5.84 Å². The van der Waals surface area contributed by atoms with Crippen molar-refractivity contribution in [3.8, 4) is 0 Å². The molecule has 6 N–H and O–H groups in total. The lowest BCUT2D eigenvalue weighted by Gasteiger charge is -2.17. The van der Waals surface area contributed by atoms with Crippen LogP contribution in [0.1, 0.15) is 18.1 Å². The fraction of sp³-hybridized carbons (Fsp3) is 0.200. The summed E-state index contributed by atoms with van der Waals surface area (Å²) >= 11 is 0. The highest BCUT2D eigenvalue weighted by atomic mass is 16.3. The Balaban J connectivity index is 1.96. The van der Waals surface area contributed by atoms with Crippen LogP contribution in [0, 0.1) is 0 Å². The van der Waals surface area contributed by atoms with Crippen LogP contribution in [0.4, 0.5) is 23.3 Å². The molecule has 1 atom stereocenters. The van der Waals surface area contributed by atoms with Gasteiger partial charge in [0, 0.05) is 24.2 Å². The smallest absolute Gasteiger partial charge is 0.231 e. The van der Waals surface area contributed by atoms with Gasteiger partial charge in [-0.05, 0) is 24.6 Å². The van der Waals surface area contributed by atoms with Gasteiger partial charge < -0.3 is 21.2 Å². The van der Waals surface area contributed by atoms with Gasteiger partial charge in [-0.15, -0.1) is 0 Å². The van der Waals surface area contributed by atoms with E-state index in [1.165, 1.54) is 0 Å². The Kier molecular flexibility index (Phi) is 6.19. The highest BCUT2D eigenvalue weighted by Crippen LogP contribution is 2.27. The molecule has 0 aliphatic rings. The maximum absolute atomic E-state index is 9.66. The molecule has 2 aromatic carbocycles. The maximum Gasteiger partial charge on any atom is 0.231 e. The van der Waals surface area contributed by atoms with Gasteiger partial charge in [0.05, 0.1) is 6.10 Å². The van der Waals surface area contributed by atoms with E-state index in [9.17, 15) is 5.11 Å². The Morgan fingerprint density at radius 2 is 1.59 bits per heavy atom. The van der Waals surface area contributed by atoms with E-state index in [2.05, 4.69) is 26.0 Å². The quantitative estimate of drug-likeness (QED) is 0.309. The number of anilines is 4. The molecule has 1 unspecified atom stereocenters. The van der Waals surface area contributed by atoms with Crippen molar-refractivity contribution in [2.24, 2.45) is 5.84 Å². The number of nitrogens with one attached hydrogen (secondary N) is 3. The lowest BCUT2D eigenvalue weighted by atomic mass is 10.1. The van der Waals surface area contributed by atoms with Crippen molar-refractivity contribution in [1.29, 1.82) is 0 Å². The molecule has 3 aromatic rings. The Morgan fingerprint density at radius 3 is 2.22 bits per heavy atom. The van der Waals surface area contributed by atoms with Gasteiger partial charge in [-0.2, -0.15) is 9.97 Å². The summed E-state index contributed by atoms with van der Waals surface area (Å²) in [6.45, 7) is 2.09. The average Bonchev–Trinajstić information content (AvgIpc) is 2.69. The maximum atomic E-state index is 9.66. The summed E-state index contributed by atoms with van der Waals surface area (Å²) in [5.74, 6) is 7.32. The number of para-hydroxylation sites is 1. The number of aliphatic hydroxyl groups is 1. The molecule has 0 amide bonds. The third kappa shape index (κ3) is 5.16. The van der Waals surface area contributed by atoms with Gasteiger partial charge >= 0.3 is 0 Å². The Hall–Kier alpha value is -3.16. The van der Waals surface area contributed by atoms with Crippen molar-refractivity contribution in [2.45, 2.75) is 19.4 Å². The summed E-state index contributed by atoms with van der Waals surface area (Å²) in [4.78, 5) is 9.11. The van der Waals surface area contributed by atoms with Crippen LogP contribution in [0.2, 0.25) is 0 Å². The minimum atomic E-state index is -0.510. The highest BCUT2D eigenvalue weighted by molar-refractivity contribution is 5.64. The molecular weight excluding hydrogens is 340 g/mol. The minimum absolute atomic E-state index is 0.369. The number of nitrogens with zero attached hydrogens (tertiary/aromatic N) is 2. The molecule has 0 saturated heterocycles. The number of aromatic nitrogens is 2. The molecule has 0 spiro atoms. The topological polar surface area (TPSA) is 108 Å². The predicted octanol–water partition coefficient (Wildman–Crippen LogP) is 2.89. The largest absolute Gasteiger partial charge is 0.392 e. The first kappa shape index (κ1) is 18.6. The molecule has 0 radical (unpaired) electrons. The van der Waals surface area contributed by atoms with Crippen LogP contribution >= 0.6 is 0 Å². The van der Waals surface area contributed by atoms with Crippen LogP contribution in [-0.4, -0.2) is 27.7 Å². The number of hydrogen-bond donors (Lipinski definition) is 5. The number of nitrogen functional groups attached to an aromatic ring is 1. The third-order valence-corrected chi connectivity index (χ3v) is 3.96. The lowest BCUT2D eigenvalue weighted by molar-refractivity contribution is 0.208. The third-order valence-electron chi connectivity index (χ3n) is 3.96. The second kappa shape index (κ2) is 8.98. The van der Waals surface area contributed by atoms with Crippen molar-refractivity contribution >= 4 is 23.3 Å². The van der Waals surface area contributed by atoms with Crippen LogP contribution < -0.4 is 21.9 Å². The molecule has 27 heavy (non-hydrogen) atoms. The standard InChI is InChI=1S/C20H24N6O/c1-14(27)13-22-18-17(12-15-8-4-2-5-9-15)19(26-21)25-20(24-18)23-16-10-6-3-7-11-16/h2-11,14,27H,12-13,21H2,1H3,(H3,22,23,24,25,26). The fourth-order valence-electron chi connectivity index (χ4n) is 2.67. The minimum Gasteiger partial charge on any atom is -0.392 e. The number of nitrogens with two attached hydrogens (primary N) is 1. The van der Waals surface area contributed by atoms with Crippen molar-refractivity contribution in [3.63, 3.8) is 0 Å². The number of benzene rings is 2. The summed E-state index contributed by atoms with van der Waals surface area (Å²) < 4.78 is 0. The molecule has 1 aromatic heterocycles. The van der Waals surface area contributed by atoms with Crippen LogP contribution in [-0.2, 0) is 6.42 Å². The van der Waals surface area contributed by atoms with Crippen LogP contribution in [0.5, 0.6) is 0 Å². The molecule has 7 nitrogen and oxygen atoms in total.